The molecule has 2 rings (SSSR count). The Morgan fingerprint density at radius 3 is 2.72 bits per heavy atom. The Morgan fingerprint density at radius 2 is 2.17 bits per heavy atom. The van der Waals surface area contributed by atoms with Crippen molar-refractivity contribution in [3.05, 3.63) is 46.0 Å². The maximum atomic E-state index is 11.7. The molecule has 0 aliphatic rings. The molecule has 2 aromatic rings. The summed E-state index contributed by atoms with van der Waals surface area (Å²) in [5.74, 6) is 0.805. The molecule has 0 fully saturated rings. The SMILES string of the molecule is Cc1cccc(=O)n1Cc1nc(C(C)(C)N)no1. The normalized spacial score (nSPS) is 11.8. The standard InChI is InChI=1S/C12H16N4O2/c1-8-5-4-6-10(17)16(8)7-9-14-11(15-18-9)12(2,3)13/h4-6H,7,13H2,1-3H3. The van der Waals surface area contributed by atoms with Crippen LogP contribution >= 0.6 is 0 Å². The van der Waals surface area contributed by atoms with Gasteiger partial charge in [0.1, 0.15) is 6.54 Å². The molecule has 2 heterocycles. The second-order valence-electron chi connectivity index (χ2n) is 4.82. The zero-order valence-corrected chi connectivity index (χ0v) is 10.7. The third-order valence-corrected chi connectivity index (χ3v) is 2.61. The highest BCUT2D eigenvalue weighted by Crippen LogP contribution is 2.13. The Labute approximate surface area is 104 Å². The molecule has 0 unspecified atom stereocenters. The summed E-state index contributed by atoms with van der Waals surface area (Å²) >= 11 is 0. The molecule has 6 nitrogen and oxygen atoms in total. The Hall–Kier alpha value is -1.95. The van der Waals surface area contributed by atoms with E-state index in [-0.39, 0.29) is 12.1 Å². The molecule has 0 amide bonds. The van der Waals surface area contributed by atoms with Gasteiger partial charge in [0, 0.05) is 11.8 Å². The van der Waals surface area contributed by atoms with Crippen LogP contribution in [0.4, 0.5) is 0 Å². The molecule has 0 aliphatic heterocycles. The number of rotatable bonds is 3. The van der Waals surface area contributed by atoms with E-state index in [1.807, 2.05) is 13.0 Å². The van der Waals surface area contributed by atoms with Gasteiger partial charge in [0.05, 0.1) is 5.54 Å². The van der Waals surface area contributed by atoms with Crippen molar-refractivity contribution in [2.45, 2.75) is 32.9 Å². The minimum absolute atomic E-state index is 0.0956. The van der Waals surface area contributed by atoms with Crippen LogP contribution in [0.15, 0.2) is 27.5 Å². The van der Waals surface area contributed by atoms with Crippen LogP contribution in [0.25, 0.3) is 0 Å². The van der Waals surface area contributed by atoms with Crippen LogP contribution in [0, 0.1) is 6.92 Å². The van der Waals surface area contributed by atoms with Crippen LogP contribution < -0.4 is 11.3 Å². The van der Waals surface area contributed by atoms with Gasteiger partial charge < -0.3 is 14.8 Å². The number of aromatic nitrogens is 3. The van der Waals surface area contributed by atoms with Gasteiger partial charge in [-0.1, -0.05) is 11.2 Å². The maximum Gasteiger partial charge on any atom is 0.251 e. The molecular weight excluding hydrogens is 232 g/mol. The minimum Gasteiger partial charge on any atom is -0.337 e. The van der Waals surface area contributed by atoms with E-state index in [2.05, 4.69) is 10.1 Å². The molecule has 0 saturated carbocycles. The van der Waals surface area contributed by atoms with Crippen LogP contribution in [-0.4, -0.2) is 14.7 Å². The first-order valence-corrected chi connectivity index (χ1v) is 5.66. The molecule has 6 heteroatoms. The Morgan fingerprint density at radius 1 is 1.44 bits per heavy atom. The quantitative estimate of drug-likeness (QED) is 0.867. The lowest BCUT2D eigenvalue weighted by Gasteiger charge is -2.11. The summed E-state index contributed by atoms with van der Waals surface area (Å²) in [5, 5.41) is 3.82. The van der Waals surface area contributed by atoms with Crippen molar-refractivity contribution >= 4 is 0 Å². The molecule has 2 N–H and O–H groups in total. The van der Waals surface area contributed by atoms with Crippen molar-refractivity contribution in [2.24, 2.45) is 5.73 Å². The Bertz CT molecular complexity index is 607. The lowest BCUT2D eigenvalue weighted by atomic mass is 10.1. The van der Waals surface area contributed by atoms with E-state index in [1.54, 1.807) is 24.5 Å². The smallest absolute Gasteiger partial charge is 0.251 e. The van der Waals surface area contributed by atoms with Crippen molar-refractivity contribution < 1.29 is 4.52 Å². The van der Waals surface area contributed by atoms with Crippen molar-refractivity contribution in [1.82, 2.24) is 14.7 Å². The Balaban J connectivity index is 2.30. The number of hydrogen-bond donors (Lipinski definition) is 1. The molecule has 0 radical (unpaired) electrons. The summed E-state index contributed by atoms with van der Waals surface area (Å²) < 4.78 is 6.67. The second kappa shape index (κ2) is 4.38. The summed E-state index contributed by atoms with van der Waals surface area (Å²) in [6.45, 7) is 5.70. The fraction of sp³-hybridized carbons (Fsp3) is 0.417. The molecule has 0 atom stereocenters. The maximum absolute atomic E-state index is 11.7. The highest BCUT2D eigenvalue weighted by molar-refractivity contribution is 5.06. The summed E-state index contributed by atoms with van der Waals surface area (Å²) in [7, 11) is 0. The average molecular weight is 248 g/mol. The van der Waals surface area contributed by atoms with Gasteiger partial charge in [-0.05, 0) is 26.8 Å². The van der Waals surface area contributed by atoms with Gasteiger partial charge in [-0.2, -0.15) is 4.98 Å². The molecule has 0 aromatic carbocycles. The van der Waals surface area contributed by atoms with Crippen molar-refractivity contribution in [1.29, 1.82) is 0 Å². The van der Waals surface area contributed by atoms with Crippen LogP contribution in [0.3, 0.4) is 0 Å². The average Bonchev–Trinajstić information content (AvgIpc) is 2.72. The number of hydrogen-bond acceptors (Lipinski definition) is 5. The highest BCUT2D eigenvalue weighted by Gasteiger charge is 2.21. The van der Waals surface area contributed by atoms with Gasteiger partial charge in [-0.3, -0.25) is 4.79 Å². The summed E-state index contributed by atoms with van der Waals surface area (Å²) in [6.07, 6.45) is 0. The van der Waals surface area contributed by atoms with Crippen LogP contribution in [0.1, 0.15) is 31.3 Å². The van der Waals surface area contributed by atoms with Gasteiger partial charge in [0.25, 0.3) is 5.56 Å². The second-order valence-corrected chi connectivity index (χ2v) is 4.82. The predicted molar refractivity (Wildman–Crippen MR) is 66.1 cm³/mol. The third kappa shape index (κ3) is 2.48. The molecule has 2 aromatic heterocycles. The van der Waals surface area contributed by atoms with Crippen LogP contribution in [0.5, 0.6) is 0 Å². The number of nitrogens with zero attached hydrogens (tertiary/aromatic N) is 3. The van der Waals surface area contributed by atoms with Gasteiger partial charge in [0.2, 0.25) is 5.89 Å². The molecule has 0 spiro atoms. The van der Waals surface area contributed by atoms with Gasteiger partial charge in [0.15, 0.2) is 5.82 Å². The first kappa shape index (κ1) is 12.5. The third-order valence-electron chi connectivity index (χ3n) is 2.61. The minimum atomic E-state index is -0.654. The summed E-state index contributed by atoms with van der Waals surface area (Å²) in [4.78, 5) is 15.9. The monoisotopic (exact) mass is 248 g/mol. The van der Waals surface area contributed by atoms with Crippen molar-refractivity contribution in [2.75, 3.05) is 0 Å². The zero-order valence-electron chi connectivity index (χ0n) is 10.7. The fourth-order valence-electron chi connectivity index (χ4n) is 1.54. The molecule has 0 bridgehead atoms. The first-order valence-electron chi connectivity index (χ1n) is 5.66. The molecular formula is C12H16N4O2. The molecule has 96 valence electrons. The first-order chi connectivity index (χ1) is 8.38. The largest absolute Gasteiger partial charge is 0.337 e. The summed E-state index contributed by atoms with van der Waals surface area (Å²) in [6, 6.07) is 5.07. The van der Waals surface area contributed by atoms with E-state index >= 15 is 0 Å². The number of aryl methyl sites for hydroxylation is 1. The van der Waals surface area contributed by atoms with E-state index in [0.29, 0.717) is 11.7 Å². The van der Waals surface area contributed by atoms with E-state index < -0.39 is 5.54 Å². The highest BCUT2D eigenvalue weighted by atomic mass is 16.5. The van der Waals surface area contributed by atoms with Crippen LogP contribution in [0.2, 0.25) is 0 Å². The lowest BCUT2D eigenvalue weighted by Crippen LogP contribution is -2.30. The zero-order chi connectivity index (χ0) is 13.3. The van der Waals surface area contributed by atoms with Gasteiger partial charge in [-0.15, -0.1) is 0 Å². The van der Waals surface area contributed by atoms with E-state index in [0.717, 1.165) is 5.69 Å². The van der Waals surface area contributed by atoms with Gasteiger partial charge >= 0.3 is 0 Å². The molecule has 0 saturated heterocycles. The van der Waals surface area contributed by atoms with E-state index in [4.69, 9.17) is 10.3 Å². The Kier molecular flexibility index (Phi) is 3.04. The van der Waals surface area contributed by atoms with E-state index in [9.17, 15) is 4.79 Å². The summed E-state index contributed by atoms with van der Waals surface area (Å²) in [5.41, 5.74) is 5.96. The van der Waals surface area contributed by atoms with Gasteiger partial charge in [-0.25, -0.2) is 0 Å². The van der Waals surface area contributed by atoms with Crippen molar-refractivity contribution in [3.63, 3.8) is 0 Å². The molecule has 18 heavy (non-hydrogen) atoms. The topological polar surface area (TPSA) is 86.9 Å². The van der Waals surface area contributed by atoms with Crippen molar-refractivity contribution in [3.8, 4) is 0 Å². The van der Waals surface area contributed by atoms with Crippen LogP contribution in [-0.2, 0) is 12.1 Å². The fourth-order valence-corrected chi connectivity index (χ4v) is 1.54. The number of pyridine rings is 1. The lowest BCUT2D eigenvalue weighted by molar-refractivity contribution is 0.353. The predicted octanol–water partition coefficient (Wildman–Crippen LogP) is 0.782. The number of nitrogens with two attached hydrogens (primary N) is 1. The van der Waals surface area contributed by atoms with E-state index in [1.165, 1.54) is 6.07 Å². The molecule has 0 aliphatic carbocycles.